The van der Waals surface area contributed by atoms with Crippen LogP contribution in [0.5, 0.6) is 5.75 Å². The highest BCUT2D eigenvalue weighted by Gasteiger charge is 2.33. The highest BCUT2D eigenvalue weighted by atomic mass is 16.5. The lowest BCUT2D eigenvalue weighted by Gasteiger charge is -2.35. The number of aryl methyl sites for hydroxylation is 1. The molecule has 3 aliphatic rings. The third kappa shape index (κ3) is 4.27. The average Bonchev–Trinajstić information content (AvgIpc) is 3.65. The molecule has 4 heterocycles. The number of fused-ring (bicyclic) bond motifs is 4. The summed E-state index contributed by atoms with van der Waals surface area (Å²) in [5.74, 6) is 1.57. The third-order valence-electron chi connectivity index (χ3n) is 7.43. The molecule has 188 valence electrons. The molecule has 0 radical (unpaired) electrons. The van der Waals surface area contributed by atoms with Crippen LogP contribution in [0.25, 0.3) is 5.65 Å². The fourth-order valence-electron chi connectivity index (χ4n) is 5.26. The van der Waals surface area contributed by atoms with E-state index in [2.05, 4.69) is 16.3 Å². The molecule has 1 unspecified atom stereocenters. The van der Waals surface area contributed by atoms with Gasteiger partial charge in [0.2, 0.25) is 0 Å². The first-order valence-electron chi connectivity index (χ1n) is 12.9. The second kappa shape index (κ2) is 9.11. The van der Waals surface area contributed by atoms with E-state index in [4.69, 9.17) is 14.8 Å². The number of amides is 2. The summed E-state index contributed by atoms with van der Waals surface area (Å²) in [5.41, 5.74) is 4.22. The van der Waals surface area contributed by atoms with Crippen LogP contribution in [-0.4, -0.2) is 64.6 Å². The zero-order chi connectivity index (χ0) is 24.8. The molecular weight excluding hydrogens is 456 g/mol. The van der Waals surface area contributed by atoms with Gasteiger partial charge in [0, 0.05) is 50.4 Å². The van der Waals surface area contributed by atoms with E-state index in [-0.39, 0.29) is 24.5 Å². The first-order valence-corrected chi connectivity index (χ1v) is 12.9. The number of carbonyl (C=O) groups excluding carboxylic acids is 2. The second-order valence-corrected chi connectivity index (χ2v) is 10.2. The van der Waals surface area contributed by atoms with Crippen molar-refractivity contribution in [3.8, 4) is 5.75 Å². The Kier molecular flexibility index (Phi) is 5.78. The smallest absolute Gasteiger partial charge is 0.258 e. The maximum Gasteiger partial charge on any atom is 0.258 e. The van der Waals surface area contributed by atoms with Crippen molar-refractivity contribution in [2.45, 2.75) is 51.0 Å². The Bertz CT molecular complexity index is 1330. The van der Waals surface area contributed by atoms with Crippen LogP contribution in [0.1, 0.15) is 71.4 Å². The molecule has 2 amide bonds. The van der Waals surface area contributed by atoms with Gasteiger partial charge in [-0.3, -0.25) is 9.59 Å². The molecular formula is C27H32N6O3. The van der Waals surface area contributed by atoms with Crippen LogP contribution in [0.3, 0.4) is 0 Å². The Morgan fingerprint density at radius 2 is 1.89 bits per heavy atom. The number of ether oxygens (including phenoxy) is 1. The van der Waals surface area contributed by atoms with Gasteiger partial charge in [-0.05, 0) is 51.2 Å². The van der Waals surface area contributed by atoms with Gasteiger partial charge in [-0.1, -0.05) is 11.6 Å². The third-order valence-corrected chi connectivity index (χ3v) is 7.43. The topological polar surface area (TPSA) is 92.1 Å². The SMILES string of the molecule is Cc1ccc2c(c1)C(=O)N1CCCCC1c1cc3nc(C4CC4)cc(n3n1)N(C)CCNC(=O)CO2. The fraction of sp³-hybridized carbons (Fsp3) is 0.481. The minimum absolute atomic E-state index is 0.0908. The summed E-state index contributed by atoms with van der Waals surface area (Å²) in [6.45, 7) is 3.55. The minimum Gasteiger partial charge on any atom is -0.483 e. The predicted molar refractivity (Wildman–Crippen MR) is 136 cm³/mol. The number of nitrogens with zero attached hydrogens (tertiary/aromatic N) is 5. The molecule has 36 heavy (non-hydrogen) atoms. The summed E-state index contributed by atoms with van der Waals surface area (Å²) in [4.78, 5) is 35.4. The number of piperidine rings is 1. The Morgan fingerprint density at radius 3 is 2.72 bits per heavy atom. The van der Waals surface area contributed by atoms with Gasteiger partial charge in [-0.2, -0.15) is 9.61 Å². The van der Waals surface area contributed by atoms with Crippen molar-refractivity contribution in [2.24, 2.45) is 0 Å². The molecule has 1 N–H and O–H groups in total. The van der Waals surface area contributed by atoms with Gasteiger partial charge in [0.15, 0.2) is 12.3 Å². The fourth-order valence-corrected chi connectivity index (χ4v) is 5.26. The van der Waals surface area contributed by atoms with E-state index in [9.17, 15) is 9.59 Å². The molecule has 2 aliphatic heterocycles. The number of likely N-dealkylation sites (N-methyl/N-ethyl adjacent to an activating group) is 1. The molecule has 2 bridgehead atoms. The monoisotopic (exact) mass is 488 g/mol. The molecule has 3 aromatic rings. The quantitative estimate of drug-likeness (QED) is 0.566. The van der Waals surface area contributed by atoms with Crippen molar-refractivity contribution in [1.29, 1.82) is 0 Å². The molecule has 1 aliphatic carbocycles. The van der Waals surface area contributed by atoms with Gasteiger partial charge in [-0.25, -0.2) is 4.98 Å². The van der Waals surface area contributed by atoms with Gasteiger partial charge in [0.05, 0.1) is 17.3 Å². The lowest BCUT2D eigenvalue weighted by molar-refractivity contribution is -0.123. The summed E-state index contributed by atoms with van der Waals surface area (Å²) in [5, 5.41) is 7.93. The minimum atomic E-state index is -0.217. The van der Waals surface area contributed by atoms with E-state index in [0.29, 0.717) is 36.9 Å². The van der Waals surface area contributed by atoms with E-state index < -0.39 is 0 Å². The predicted octanol–water partition coefficient (Wildman–Crippen LogP) is 3.23. The van der Waals surface area contributed by atoms with E-state index in [1.54, 1.807) is 6.07 Å². The largest absolute Gasteiger partial charge is 0.483 e. The summed E-state index contributed by atoms with van der Waals surface area (Å²) in [6.07, 6.45) is 5.15. The van der Waals surface area contributed by atoms with Crippen molar-refractivity contribution >= 4 is 23.3 Å². The van der Waals surface area contributed by atoms with Crippen LogP contribution in [0.2, 0.25) is 0 Å². The van der Waals surface area contributed by atoms with Crippen molar-refractivity contribution in [3.05, 3.63) is 52.8 Å². The first kappa shape index (κ1) is 22.8. The summed E-state index contributed by atoms with van der Waals surface area (Å²) in [7, 11) is 2.01. The molecule has 1 aromatic carbocycles. The molecule has 0 spiro atoms. The van der Waals surface area contributed by atoms with Crippen molar-refractivity contribution in [3.63, 3.8) is 0 Å². The average molecular weight is 489 g/mol. The zero-order valence-corrected chi connectivity index (χ0v) is 20.9. The van der Waals surface area contributed by atoms with Crippen molar-refractivity contribution in [2.75, 3.05) is 38.2 Å². The molecule has 2 aromatic heterocycles. The zero-order valence-electron chi connectivity index (χ0n) is 20.9. The van der Waals surface area contributed by atoms with E-state index in [1.165, 1.54) is 0 Å². The molecule has 9 nitrogen and oxygen atoms in total. The number of nitrogens with one attached hydrogen (secondary N) is 1. The molecule has 6 rings (SSSR count). The molecule has 2 fully saturated rings. The van der Waals surface area contributed by atoms with Gasteiger partial charge in [0.1, 0.15) is 11.6 Å². The number of hydrogen-bond acceptors (Lipinski definition) is 6. The number of anilines is 1. The molecule has 9 heteroatoms. The van der Waals surface area contributed by atoms with Gasteiger partial charge >= 0.3 is 0 Å². The second-order valence-electron chi connectivity index (χ2n) is 10.2. The number of rotatable bonds is 1. The maximum atomic E-state index is 13.9. The first-order chi connectivity index (χ1) is 17.5. The Hall–Kier alpha value is -3.62. The van der Waals surface area contributed by atoms with Crippen LogP contribution >= 0.6 is 0 Å². The lowest BCUT2D eigenvalue weighted by Crippen LogP contribution is -2.39. The van der Waals surface area contributed by atoms with Crippen LogP contribution in [0.4, 0.5) is 5.82 Å². The number of carbonyl (C=O) groups is 2. The van der Waals surface area contributed by atoms with Gasteiger partial charge in [-0.15, -0.1) is 0 Å². The molecule has 1 saturated heterocycles. The molecule has 1 atom stereocenters. The van der Waals surface area contributed by atoms with Crippen molar-refractivity contribution in [1.82, 2.24) is 24.8 Å². The van der Waals surface area contributed by atoms with Gasteiger partial charge < -0.3 is 19.9 Å². The van der Waals surface area contributed by atoms with E-state index in [0.717, 1.165) is 60.5 Å². The summed E-state index contributed by atoms with van der Waals surface area (Å²) in [6, 6.07) is 9.57. The van der Waals surface area contributed by atoms with Crippen LogP contribution in [0.15, 0.2) is 30.3 Å². The van der Waals surface area contributed by atoms with Crippen LogP contribution in [-0.2, 0) is 4.79 Å². The number of aromatic nitrogens is 3. The van der Waals surface area contributed by atoms with Crippen LogP contribution < -0.4 is 15.0 Å². The maximum absolute atomic E-state index is 13.9. The Labute approximate surface area is 210 Å². The lowest BCUT2D eigenvalue weighted by atomic mass is 9.97. The van der Waals surface area contributed by atoms with Crippen molar-refractivity contribution < 1.29 is 14.3 Å². The standard InChI is InChI=1S/C27H32N6O3/c1-17-6-9-23-19(13-17)27(35)32-11-4-3-5-22(32)21-14-24-29-20(18-7-8-18)15-26(33(24)30-21)31(2)12-10-28-25(34)16-36-23/h6,9,13-15,18,22H,3-5,7-8,10-12,16H2,1-2H3,(H,28,34). The normalized spacial score (nSPS) is 21.2. The van der Waals surface area contributed by atoms with E-state index in [1.807, 2.05) is 41.6 Å². The Balaban J connectivity index is 1.47. The number of benzene rings is 1. The van der Waals surface area contributed by atoms with Gasteiger partial charge in [0.25, 0.3) is 11.8 Å². The Morgan fingerprint density at radius 1 is 1.03 bits per heavy atom. The highest BCUT2D eigenvalue weighted by Crippen LogP contribution is 2.41. The summed E-state index contributed by atoms with van der Waals surface area (Å²) < 4.78 is 7.75. The molecule has 1 saturated carbocycles. The highest BCUT2D eigenvalue weighted by molar-refractivity contribution is 5.97. The number of hydrogen-bond donors (Lipinski definition) is 1. The van der Waals surface area contributed by atoms with Crippen LogP contribution in [0, 0.1) is 6.92 Å². The van der Waals surface area contributed by atoms with E-state index >= 15 is 0 Å². The summed E-state index contributed by atoms with van der Waals surface area (Å²) >= 11 is 0.